The van der Waals surface area contributed by atoms with Crippen molar-refractivity contribution in [2.75, 3.05) is 6.54 Å². The van der Waals surface area contributed by atoms with Crippen LogP contribution < -0.4 is 5.32 Å². The molecule has 0 fully saturated rings. The molecular weight excluding hydrogens is 262 g/mol. The van der Waals surface area contributed by atoms with E-state index in [2.05, 4.69) is 5.32 Å². The number of phenolic OH excluding ortho intramolecular Hbond substituents is 1. The van der Waals surface area contributed by atoms with Crippen LogP contribution in [-0.2, 0) is 4.79 Å². The van der Waals surface area contributed by atoms with Gasteiger partial charge in [0.05, 0.1) is 10.6 Å². The molecule has 0 saturated heterocycles. The van der Waals surface area contributed by atoms with E-state index in [4.69, 9.17) is 21.8 Å². The summed E-state index contributed by atoms with van der Waals surface area (Å²) in [5.41, 5.74) is 0.0847. The van der Waals surface area contributed by atoms with Gasteiger partial charge in [0.15, 0.2) is 6.10 Å². The van der Waals surface area contributed by atoms with E-state index in [9.17, 15) is 14.7 Å². The quantitative estimate of drug-likeness (QED) is 0.629. The molecule has 1 unspecified atom stereocenters. The minimum Gasteiger partial charge on any atom is -0.508 e. The fourth-order valence-corrected chi connectivity index (χ4v) is 1.43. The zero-order valence-corrected chi connectivity index (χ0v) is 10.0. The zero-order valence-electron chi connectivity index (χ0n) is 9.26. The first kappa shape index (κ1) is 14.3. The molecule has 1 amide bonds. The van der Waals surface area contributed by atoms with Gasteiger partial charge in [-0.1, -0.05) is 11.6 Å². The minimum atomic E-state index is -1.52. The summed E-state index contributed by atoms with van der Waals surface area (Å²) in [5.74, 6) is -2.00. The molecule has 0 aliphatic carbocycles. The first-order valence-electron chi connectivity index (χ1n) is 5.09. The minimum absolute atomic E-state index is 0.0156. The highest BCUT2D eigenvalue weighted by Crippen LogP contribution is 2.20. The number of halogens is 1. The Morgan fingerprint density at radius 3 is 2.67 bits per heavy atom. The van der Waals surface area contributed by atoms with Crippen LogP contribution in [0.25, 0.3) is 0 Å². The van der Waals surface area contributed by atoms with E-state index >= 15 is 0 Å². The van der Waals surface area contributed by atoms with E-state index < -0.39 is 18.0 Å². The molecule has 4 N–H and O–H groups in total. The molecule has 0 bridgehead atoms. The molecule has 7 heteroatoms. The highest BCUT2D eigenvalue weighted by atomic mass is 35.5. The lowest BCUT2D eigenvalue weighted by Crippen LogP contribution is -2.30. The van der Waals surface area contributed by atoms with Gasteiger partial charge in [-0.05, 0) is 18.2 Å². The van der Waals surface area contributed by atoms with Gasteiger partial charge in [-0.3, -0.25) is 4.79 Å². The number of aliphatic hydroxyl groups is 1. The number of rotatable bonds is 5. The molecule has 0 spiro atoms. The Balaban J connectivity index is 2.55. The maximum Gasteiger partial charge on any atom is 0.332 e. The van der Waals surface area contributed by atoms with Gasteiger partial charge < -0.3 is 20.6 Å². The lowest BCUT2D eigenvalue weighted by Gasteiger charge is -2.08. The van der Waals surface area contributed by atoms with Gasteiger partial charge in [0.1, 0.15) is 5.75 Å². The van der Waals surface area contributed by atoms with Crippen LogP contribution in [0, 0.1) is 0 Å². The molecule has 1 atom stereocenters. The molecule has 6 nitrogen and oxygen atoms in total. The standard InChI is InChI=1S/C11H12ClNO5/c12-8-2-1-6(14)5-7(8)10(16)13-4-3-9(15)11(17)18/h1-2,5,9,14-15H,3-4H2,(H,13,16)(H,17,18). The predicted octanol–water partition coefficient (Wildman–Crippen LogP) is 0.611. The van der Waals surface area contributed by atoms with Crippen LogP contribution in [-0.4, -0.2) is 39.8 Å². The van der Waals surface area contributed by atoms with Crippen LogP contribution in [0.5, 0.6) is 5.75 Å². The van der Waals surface area contributed by atoms with Crippen LogP contribution in [0.4, 0.5) is 0 Å². The summed E-state index contributed by atoms with van der Waals surface area (Å²) in [4.78, 5) is 22.0. The largest absolute Gasteiger partial charge is 0.508 e. The number of carbonyl (C=O) groups excluding carboxylic acids is 1. The number of benzene rings is 1. The molecular formula is C11H12ClNO5. The molecule has 18 heavy (non-hydrogen) atoms. The fraction of sp³-hybridized carbons (Fsp3) is 0.273. The van der Waals surface area contributed by atoms with Crippen LogP contribution in [0.3, 0.4) is 0 Å². The lowest BCUT2D eigenvalue weighted by molar-refractivity contribution is -0.146. The summed E-state index contributed by atoms with van der Waals surface area (Å²) >= 11 is 5.77. The monoisotopic (exact) mass is 273 g/mol. The van der Waals surface area contributed by atoms with E-state index in [0.717, 1.165) is 0 Å². The Morgan fingerprint density at radius 2 is 2.06 bits per heavy atom. The Labute approximate surface area is 108 Å². The Bertz CT molecular complexity index is 463. The van der Waals surface area contributed by atoms with Crippen molar-refractivity contribution < 1.29 is 24.9 Å². The van der Waals surface area contributed by atoms with E-state index in [1.807, 2.05) is 0 Å². The third-order valence-corrected chi connectivity index (χ3v) is 2.51. The number of nitrogens with one attached hydrogen (secondary N) is 1. The second-order valence-corrected chi connectivity index (χ2v) is 3.97. The molecule has 98 valence electrons. The molecule has 0 saturated carbocycles. The van der Waals surface area contributed by atoms with Gasteiger partial charge in [0.25, 0.3) is 5.91 Å². The number of amides is 1. The summed E-state index contributed by atoms with van der Waals surface area (Å²) in [6, 6.07) is 3.91. The molecule has 0 radical (unpaired) electrons. The van der Waals surface area contributed by atoms with Crippen molar-refractivity contribution >= 4 is 23.5 Å². The van der Waals surface area contributed by atoms with Gasteiger partial charge in [-0.25, -0.2) is 4.79 Å². The number of carbonyl (C=O) groups is 2. The highest BCUT2D eigenvalue weighted by molar-refractivity contribution is 6.33. The van der Waals surface area contributed by atoms with Crippen molar-refractivity contribution in [1.82, 2.24) is 5.32 Å². The normalized spacial score (nSPS) is 11.9. The van der Waals surface area contributed by atoms with E-state index in [-0.39, 0.29) is 29.3 Å². The Morgan fingerprint density at radius 1 is 1.39 bits per heavy atom. The van der Waals surface area contributed by atoms with Crippen molar-refractivity contribution in [3.63, 3.8) is 0 Å². The second kappa shape index (κ2) is 6.23. The SMILES string of the molecule is O=C(NCCC(O)C(=O)O)c1cc(O)ccc1Cl. The van der Waals surface area contributed by atoms with Crippen LogP contribution >= 0.6 is 11.6 Å². The third-order valence-electron chi connectivity index (χ3n) is 2.18. The highest BCUT2D eigenvalue weighted by Gasteiger charge is 2.14. The second-order valence-electron chi connectivity index (χ2n) is 3.56. The first-order valence-corrected chi connectivity index (χ1v) is 5.47. The number of aliphatic hydroxyl groups excluding tert-OH is 1. The summed E-state index contributed by atoms with van der Waals surface area (Å²) in [7, 11) is 0. The molecule has 0 heterocycles. The third kappa shape index (κ3) is 3.90. The number of hydrogen-bond acceptors (Lipinski definition) is 4. The zero-order chi connectivity index (χ0) is 13.7. The number of phenols is 1. The molecule has 0 aromatic heterocycles. The molecule has 0 aliphatic heterocycles. The van der Waals surface area contributed by atoms with Gasteiger partial charge in [0.2, 0.25) is 0 Å². The van der Waals surface area contributed by atoms with Crippen molar-refractivity contribution in [1.29, 1.82) is 0 Å². The summed E-state index contributed by atoms with van der Waals surface area (Å²) in [6.07, 6.45) is -1.64. The lowest BCUT2D eigenvalue weighted by atomic mass is 10.2. The maximum atomic E-state index is 11.6. The van der Waals surface area contributed by atoms with Crippen molar-refractivity contribution in [3.8, 4) is 5.75 Å². The molecule has 1 aromatic carbocycles. The topological polar surface area (TPSA) is 107 Å². The molecule has 1 rings (SSSR count). The summed E-state index contributed by atoms with van der Waals surface area (Å²) in [6.45, 7) is -0.0156. The van der Waals surface area contributed by atoms with Crippen LogP contribution in [0.1, 0.15) is 16.8 Å². The van der Waals surface area contributed by atoms with Gasteiger partial charge in [-0.2, -0.15) is 0 Å². The molecule has 1 aromatic rings. The Kier molecular flexibility index (Phi) is 4.94. The number of hydrogen-bond donors (Lipinski definition) is 4. The van der Waals surface area contributed by atoms with Gasteiger partial charge >= 0.3 is 5.97 Å². The number of carboxylic acids is 1. The molecule has 0 aliphatic rings. The number of carboxylic acid groups (broad SMARTS) is 1. The van der Waals surface area contributed by atoms with Crippen LogP contribution in [0.15, 0.2) is 18.2 Å². The fourth-order valence-electron chi connectivity index (χ4n) is 1.23. The summed E-state index contributed by atoms with van der Waals surface area (Å²) < 4.78 is 0. The number of aliphatic carboxylic acids is 1. The average Bonchev–Trinajstić information content (AvgIpc) is 2.31. The first-order chi connectivity index (χ1) is 8.41. The van der Waals surface area contributed by atoms with E-state index in [1.165, 1.54) is 18.2 Å². The van der Waals surface area contributed by atoms with Crippen molar-refractivity contribution in [3.05, 3.63) is 28.8 Å². The van der Waals surface area contributed by atoms with Gasteiger partial charge in [0, 0.05) is 13.0 Å². The predicted molar refractivity (Wildman–Crippen MR) is 63.7 cm³/mol. The van der Waals surface area contributed by atoms with Crippen LogP contribution in [0.2, 0.25) is 5.02 Å². The maximum absolute atomic E-state index is 11.6. The summed E-state index contributed by atoms with van der Waals surface area (Å²) in [5, 5.41) is 29.2. The van der Waals surface area contributed by atoms with Crippen molar-refractivity contribution in [2.45, 2.75) is 12.5 Å². The van der Waals surface area contributed by atoms with Crippen molar-refractivity contribution in [2.24, 2.45) is 0 Å². The van der Waals surface area contributed by atoms with E-state index in [0.29, 0.717) is 0 Å². The van der Waals surface area contributed by atoms with E-state index in [1.54, 1.807) is 0 Å². The number of aromatic hydroxyl groups is 1. The van der Waals surface area contributed by atoms with Gasteiger partial charge in [-0.15, -0.1) is 0 Å². The smallest absolute Gasteiger partial charge is 0.332 e. The average molecular weight is 274 g/mol. The Hall–Kier alpha value is -1.79.